The monoisotopic (exact) mass is 202 g/mol. The van der Waals surface area contributed by atoms with Crippen LogP contribution < -0.4 is 0 Å². The van der Waals surface area contributed by atoms with Gasteiger partial charge in [0.25, 0.3) is 0 Å². The van der Waals surface area contributed by atoms with Crippen LogP contribution in [-0.4, -0.2) is 33.7 Å². The third-order valence-electron chi connectivity index (χ3n) is 2.77. The van der Waals surface area contributed by atoms with Gasteiger partial charge in [-0.1, -0.05) is 6.92 Å². The fourth-order valence-corrected chi connectivity index (χ4v) is 1.72. The maximum absolute atomic E-state index is 5.50. The molecule has 0 saturated heterocycles. The molecule has 0 aromatic carbocycles. The molecule has 1 rings (SSSR count). The molecule has 2 atom stereocenters. The fourth-order valence-electron chi connectivity index (χ4n) is 1.72. The van der Waals surface area contributed by atoms with E-state index in [1.165, 1.54) is 6.42 Å². The molecule has 3 heteroatoms. The molecule has 0 aromatic heterocycles. The minimum Gasteiger partial charge on any atom is -0.381 e. The summed E-state index contributed by atoms with van der Waals surface area (Å²) >= 11 is 0. The minimum atomic E-state index is -0.0313. The normalized spacial score (nSPS) is 25.7. The number of ether oxygens (including phenoxy) is 3. The summed E-state index contributed by atoms with van der Waals surface area (Å²) in [6.45, 7) is 3.94. The lowest BCUT2D eigenvalue weighted by Crippen LogP contribution is -2.14. The van der Waals surface area contributed by atoms with Gasteiger partial charge in [-0.05, 0) is 24.7 Å². The van der Waals surface area contributed by atoms with Crippen molar-refractivity contribution in [3.63, 3.8) is 0 Å². The summed E-state index contributed by atoms with van der Waals surface area (Å²) in [7, 11) is 3.39. The van der Waals surface area contributed by atoms with Gasteiger partial charge in [0.1, 0.15) is 0 Å². The van der Waals surface area contributed by atoms with Crippen molar-refractivity contribution in [1.82, 2.24) is 0 Å². The van der Waals surface area contributed by atoms with Gasteiger partial charge in [-0.3, -0.25) is 0 Å². The van der Waals surface area contributed by atoms with Gasteiger partial charge in [0.2, 0.25) is 0 Å². The smallest absolute Gasteiger partial charge is 0.157 e. The van der Waals surface area contributed by atoms with Crippen LogP contribution in [0.1, 0.15) is 26.2 Å². The van der Waals surface area contributed by atoms with Crippen LogP contribution >= 0.6 is 0 Å². The molecule has 0 spiro atoms. The van der Waals surface area contributed by atoms with Crippen molar-refractivity contribution in [1.29, 1.82) is 0 Å². The minimum absolute atomic E-state index is 0.0313. The molecule has 84 valence electrons. The Hall–Kier alpha value is -0.120. The van der Waals surface area contributed by atoms with Gasteiger partial charge in [-0.2, -0.15) is 0 Å². The van der Waals surface area contributed by atoms with Gasteiger partial charge >= 0.3 is 0 Å². The molecule has 3 nitrogen and oxygen atoms in total. The third-order valence-corrected chi connectivity index (χ3v) is 2.77. The highest BCUT2D eigenvalue weighted by Gasteiger charge is 2.38. The van der Waals surface area contributed by atoms with Crippen LogP contribution in [-0.2, 0) is 14.2 Å². The first-order valence-corrected chi connectivity index (χ1v) is 5.45. The Morgan fingerprint density at radius 1 is 1.21 bits per heavy atom. The second-order valence-corrected chi connectivity index (χ2v) is 3.97. The number of hydrogen-bond donors (Lipinski definition) is 0. The Bertz CT molecular complexity index is 145. The van der Waals surface area contributed by atoms with Crippen molar-refractivity contribution in [3.8, 4) is 0 Å². The van der Waals surface area contributed by atoms with Crippen LogP contribution in [0.2, 0.25) is 0 Å². The zero-order chi connectivity index (χ0) is 10.4. The highest BCUT2D eigenvalue weighted by molar-refractivity contribution is 4.86. The van der Waals surface area contributed by atoms with E-state index in [0.29, 0.717) is 0 Å². The zero-order valence-corrected chi connectivity index (χ0v) is 9.49. The first-order chi connectivity index (χ1) is 6.81. The quantitative estimate of drug-likeness (QED) is 0.445. The number of hydrogen-bond acceptors (Lipinski definition) is 3. The van der Waals surface area contributed by atoms with E-state index in [-0.39, 0.29) is 6.29 Å². The first kappa shape index (κ1) is 12.0. The topological polar surface area (TPSA) is 27.7 Å². The lowest BCUT2D eigenvalue weighted by atomic mass is 10.2. The van der Waals surface area contributed by atoms with Crippen molar-refractivity contribution >= 4 is 0 Å². The van der Waals surface area contributed by atoms with Crippen LogP contribution in [0.5, 0.6) is 0 Å². The summed E-state index contributed by atoms with van der Waals surface area (Å²) in [5, 5.41) is 0. The molecule has 0 amide bonds. The molecule has 14 heavy (non-hydrogen) atoms. The van der Waals surface area contributed by atoms with Crippen LogP contribution in [0.15, 0.2) is 0 Å². The molecule has 1 aliphatic carbocycles. The highest BCUT2D eigenvalue weighted by Crippen LogP contribution is 2.42. The largest absolute Gasteiger partial charge is 0.381 e. The highest BCUT2D eigenvalue weighted by atomic mass is 16.7. The molecule has 0 radical (unpaired) electrons. The Balaban J connectivity index is 2.01. The molecule has 1 saturated carbocycles. The van der Waals surface area contributed by atoms with E-state index in [4.69, 9.17) is 14.2 Å². The van der Waals surface area contributed by atoms with Crippen molar-refractivity contribution in [2.75, 3.05) is 27.4 Å². The van der Waals surface area contributed by atoms with Gasteiger partial charge in [0.15, 0.2) is 6.29 Å². The van der Waals surface area contributed by atoms with E-state index in [0.717, 1.165) is 37.9 Å². The summed E-state index contributed by atoms with van der Waals surface area (Å²) < 4.78 is 15.8. The lowest BCUT2D eigenvalue weighted by Gasteiger charge is -2.12. The van der Waals surface area contributed by atoms with Gasteiger partial charge in [0, 0.05) is 33.9 Å². The average molecular weight is 202 g/mol. The first-order valence-electron chi connectivity index (χ1n) is 5.45. The summed E-state index contributed by atoms with van der Waals surface area (Å²) in [5.41, 5.74) is 0. The second-order valence-electron chi connectivity index (χ2n) is 3.97. The zero-order valence-electron chi connectivity index (χ0n) is 9.49. The van der Waals surface area contributed by atoms with E-state index < -0.39 is 0 Å². The molecular formula is C11H22O3. The molecule has 0 N–H and O–H groups in total. The van der Waals surface area contributed by atoms with Crippen LogP contribution in [0, 0.1) is 11.8 Å². The van der Waals surface area contributed by atoms with E-state index >= 15 is 0 Å². The second kappa shape index (κ2) is 6.38. The standard InChI is InChI=1S/C11H22O3/c1-4-5-14-8-10-6-9(10)7-11(12-2)13-3/h9-11H,4-8H2,1-3H3. The summed E-state index contributed by atoms with van der Waals surface area (Å²) in [5.74, 6) is 1.49. The lowest BCUT2D eigenvalue weighted by molar-refractivity contribution is -0.110. The maximum atomic E-state index is 5.50. The molecular weight excluding hydrogens is 180 g/mol. The average Bonchev–Trinajstić information content (AvgIpc) is 2.93. The van der Waals surface area contributed by atoms with E-state index in [1.807, 2.05) is 0 Å². The van der Waals surface area contributed by atoms with Crippen molar-refractivity contribution in [2.45, 2.75) is 32.5 Å². The van der Waals surface area contributed by atoms with Crippen molar-refractivity contribution in [2.24, 2.45) is 11.8 Å². The van der Waals surface area contributed by atoms with Crippen LogP contribution in [0.3, 0.4) is 0 Å². The maximum Gasteiger partial charge on any atom is 0.157 e. The summed E-state index contributed by atoms with van der Waals surface area (Å²) in [6, 6.07) is 0. The molecule has 1 aliphatic rings. The molecule has 0 aliphatic heterocycles. The van der Waals surface area contributed by atoms with Gasteiger partial charge < -0.3 is 14.2 Å². The Morgan fingerprint density at radius 3 is 2.50 bits per heavy atom. The van der Waals surface area contributed by atoms with Gasteiger partial charge in [-0.25, -0.2) is 0 Å². The van der Waals surface area contributed by atoms with E-state index in [9.17, 15) is 0 Å². The van der Waals surface area contributed by atoms with Crippen LogP contribution in [0.25, 0.3) is 0 Å². The Labute approximate surface area is 86.7 Å². The third kappa shape index (κ3) is 3.95. The molecule has 2 unspecified atom stereocenters. The van der Waals surface area contributed by atoms with Crippen molar-refractivity contribution in [3.05, 3.63) is 0 Å². The number of methoxy groups -OCH3 is 2. The predicted molar refractivity (Wildman–Crippen MR) is 55.1 cm³/mol. The predicted octanol–water partition coefficient (Wildman–Crippen LogP) is 2.06. The Kier molecular flexibility index (Phi) is 5.45. The van der Waals surface area contributed by atoms with Gasteiger partial charge in [0.05, 0.1) is 0 Å². The van der Waals surface area contributed by atoms with E-state index in [2.05, 4.69) is 6.92 Å². The number of rotatable bonds is 8. The molecule has 0 bridgehead atoms. The van der Waals surface area contributed by atoms with Gasteiger partial charge in [-0.15, -0.1) is 0 Å². The summed E-state index contributed by atoms with van der Waals surface area (Å²) in [6.07, 6.45) is 3.35. The SMILES string of the molecule is CCCOCC1CC1CC(OC)OC. The van der Waals surface area contributed by atoms with E-state index in [1.54, 1.807) is 14.2 Å². The Morgan fingerprint density at radius 2 is 1.93 bits per heavy atom. The molecule has 0 aromatic rings. The molecule has 0 heterocycles. The van der Waals surface area contributed by atoms with Crippen molar-refractivity contribution < 1.29 is 14.2 Å². The summed E-state index contributed by atoms with van der Waals surface area (Å²) in [4.78, 5) is 0. The molecule has 1 fully saturated rings. The van der Waals surface area contributed by atoms with Crippen LogP contribution in [0.4, 0.5) is 0 Å². The fraction of sp³-hybridized carbons (Fsp3) is 1.00.